The first kappa shape index (κ1) is 10.4. The molecule has 0 radical (unpaired) electrons. The molecule has 6 heteroatoms. The SMILES string of the molecule is CCC1=CC(CC)(OB(O)O)N=N1. The number of rotatable bonds is 4. The number of hydrogen-bond donors (Lipinski definition) is 2. The highest BCUT2D eigenvalue weighted by Gasteiger charge is 2.34. The summed E-state index contributed by atoms with van der Waals surface area (Å²) in [5.41, 5.74) is -0.165. The maximum Gasteiger partial charge on any atom is 0.635 e. The van der Waals surface area contributed by atoms with Crippen molar-refractivity contribution < 1.29 is 14.7 Å². The van der Waals surface area contributed by atoms with Gasteiger partial charge in [0, 0.05) is 0 Å². The third-order valence-electron chi connectivity index (χ3n) is 1.92. The largest absolute Gasteiger partial charge is 0.635 e. The van der Waals surface area contributed by atoms with Crippen LogP contribution in [0.25, 0.3) is 0 Å². The highest BCUT2D eigenvalue weighted by atomic mass is 16.6. The normalized spacial score (nSPS) is 26.3. The molecule has 1 aliphatic rings. The van der Waals surface area contributed by atoms with E-state index in [2.05, 4.69) is 10.2 Å². The maximum atomic E-state index is 8.67. The zero-order chi connectivity index (χ0) is 9.90. The molecule has 1 heterocycles. The maximum absolute atomic E-state index is 8.67. The van der Waals surface area contributed by atoms with E-state index in [1.54, 1.807) is 6.08 Å². The summed E-state index contributed by atoms with van der Waals surface area (Å²) in [5.74, 6) is 0. The summed E-state index contributed by atoms with van der Waals surface area (Å²) in [5, 5.41) is 25.1. The molecule has 0 bridgehead atoms. The van der Waals surface area contributed by atoms with Crippen LogP contribution in [0.4, 0.5) is 0 Å². The molecule has 5 nitrogen and oxygen atoms in total. The van der Waals surface area contributed by atoms with Crippen LogP contribution in [0.2, 0.25) is 0 Å². The Balaban J connectivity index is 2.74. The molecule has 0 aromatic heterocycles. The first-order chi connectivity index (χ1) is 6.12. The average Bonchev–Trinajstić information content (AvgIpc) is 2.48. The molecule has 1 aliphatic heterocycles. The standard InChI is InChI=1S/C7H13BN2O3/c1-3-6-5-7(4-2,10-9-6)13-8(11)12/h5,11-12H,3-4H2,1-2H3. The van der Waals surface area contributed by atoms with E-state index >= 15 is 0 Å². The van der Waals surface area contributed by atoms with Crippen molar-refractivity contribution in [1.82, 2.24) is 0 Å². The summed E-state index contributed by atoms with van der Waals surface area (Å²) in [7, 11) is -1.81. The Kier molecular flexibility index (Phi) is 3.19. The Morgan fingerprint density at radius 3 is 2.62 bits per heavy atom. The smallest absolute Gasteiger partial charge is 0.402 e. The molecule has 1 unspecified atom stereocenters. The highest BCUT2D eigenvalue weighted by Crippen LogP contribution is 2.29. The summed E-state index contributed by atoms with van der Waals surface area (Å²) in [6, 6.07) is 0. The third kappa shape index (κ3) is 2.36. The highest BCUT2D eigenvalue weighted by molar-refractivity contribution is 6.32. The summed E-state index contributed by atoms with van der Waals surface area (Å²) < 4.78 is 4.85. The third-order valence-corrected chi connectivity index (χ3v) is 1.92. The molecule has 2 N–H and O–H groups in total. The zero-order valence-corrected chi connectivity index (χ0v) is 7.77. The summed E-state index contributed by atoms with van der Waals surface area (Å²) in [6.07, 6.45) is 3.00. The molecule has 0 spiro atoms. The quantitative estimate of drug-likeness (QED) is 0.635. The van der Waals surface area contributed by atoms with E-state index in [9.17, 15) is 0 Å². The van der Waals surface area contributed by atoms with Gasteiger partial charge in [0.1, 0.15) is 0 Å². The first-order valence-electron chi connectivity index (χ1n) is 4.30. The first-order valence-corrected chi connectivity index (χ1v) is 4.30. The van der Waals surface area contributed by atoms with Gasteiger partial charge in [-0.3, -0.25) is 0 Å². The van der Waals surface area contributed by atoms with Crippen LogP contribution < -0.4 is 0 Å². The molecule has 72 valence electrons. The molecule has 0 aromatic rings. The van der Waals surface area contributed by atoms with Crippen LogP contribution in [-0.4, -0.2) is 23.1 Å². The summed E-state index contributed by atoms with van der Waals surface area (Å²) >= 11 is 0. The number of azo groups is 1. The predicted octanol–water partition coefficient (Wildman–Crippen LogP) is 0.839. The Morgan fingerprint density at radius 1 is 1.54 bits per heavy atom. The van der Waals surface area contributed by atoms with Gasteiger partial charge in [0.15, 0.2) is 5.72 Å². The minimum Gasteiger partial charge on any atom is -0.402 e. The van der Waals surface area contributed by atoms with Crippen LogP contribution in [0.3, 0.4) is 0 Å². The van der Waals surface area contributed by atoms with Crippen LogP contribution in [0.15, 0.2) is 22.0 Å². The minimum absolute atomic E-state index is 0.525. The number of hydrogen-bond acceptors (Lipinski definition) is 5. The molecule has 13 heavy (non-hydrogen) atoms. The van der Waals surface area contributed by atoms with Crippen LogP contribution in [0, 0.1) is 0 Å². The fourth-order valence-corrected chi connectivity index (χ4v) is 1.14. The number of allylic oxidation sites excluding steroid dienone is 1. The van der Waals surface area contributed by atoms with Crippen molar-refractivity contribution in [1.29, 1.82) is 0 Å². The van der Waals surface area contributed by atoms with Crippen molar-refractivity contribution in [2.24, 2.45) is 10.2 Å². The number of nitrogens with zero attached hydrogens (tertiary/aromatic N) is 2. The van der Waals surface area contributed by atoms with Gasteiger partial charge in [0.25, 0.3) is 0 Å². The van der Waals surface area contributed by atoms with Gasteiger partial charge in [-0.05, 0) is 18.9 Å². The van der Waals surface area contributed by atoms with Crippen LogP contribution >= 0.6 is 0 Å². The molecule has 0 fully saturated rings. The van der Waals surface area contributed by atoms with Crippen molar-refractivity contribution in [2.45, 2.75) is 32.4 Å². The van der Waals surface area contributed by atoms with Crippen molar-refractivity contribution in [3.8, 4) is 0 Å². The van der Waals surface area contributed by atoms with Gasteiger partial charge in [-0.15, -0.1) is 5.11 Å². The van der Waals surface area contributed by atoms with E-state index in [0.29, 0.717) is 6.42 Å². The van der Waals surface area contributed by atoms with Crippen molar-refractivity contribution in [3.05, 3.63) is 11.8 Å². The van der Waals surface area contributed by atoms with Gasteiger partial charge in [-0.2, -0.15) is 5.11 Å². The van der Waals surface area contributed by atoms with Crippen molar-refractivity contribution in [3.63, 3.8) is 0 Å². The topological polar surface area (TPSA) is 74.4 Å². The minimum atomic E-state index is -1.81. The fraction of sp³-hybridized carbons (Fsp3) is 0.714. The molecule has 0 saturated heterocycles. The van der Waals surface area contributed by atoms with Crippen molar-refractivity contribution >= 4 is 7.32 Å². The van der Waals surface area contributed by atoms with Gasteiger partial charge in [0.2, 0.25) is 0 Å². The van der Waals surface area contributed by atoms with Crippen molar-refractivity contribution in [2.75, 3.05) is 0 Å². The Morgan fingerprint density at radius 2 is 2.23 bits per heavy atom. The molecule has 1 rings (SSSR count). The van der Waals surface area contributed by atoms with Gasteiger partial charge in [-0.25, -0.2) is 0 Å². The van der Waals surface area contributed by atoms with Gasteiger partial charge in [0.05, 0.1) is 5.70 Å². The Bertz CT molecular complexity index is 242. The van der Waals surface area contributed by atoms with E-state index in [0.717, 1.165) is 12.1 Å². The molecular weight excluding hydrogens is 171 g/mol. The molecule has 0 saturated carbocycles. The van der Waals surface area contributed by atoms with E-state index in [-0.39, 0.29) is 0 Å². The average molecular weight is 184 g/mol. The van der Waals surface area contributed by atoms with E-state index in [1.807, 2.05) is 13.8 Å². The lowest BCUT2D eigenvalue weighted by atomic mass is 10.1. The molecule has 0 aromatic carbocycles. The molecular formula is C7H13BN2O3. The lowest BCUT2D eigenvalue weighted by Gasteiger charge is -2.20. The second-order valence-electron chi connectivity index (χ2n) is 2.83. The van der Waals surface area contributed by atoms with E-state index < -0.39 is 13.0 Å². The van der Waals surface area contributed by atoms with E-state index in [1.165, 1.54) is 0 Å². The lowest BCUT2D eigenvalue weighted by Crippen LogP contribution is -2.34. The molecule has 1 atom stereocenters. The fourth-order valence-electron chi connectivity index (χ4n) is 1.14. The monoisotopic (exact) mass is 184 g/mol. The Hall–Kier alpha value is -0.715. The summed E-state index contributed by atoms with van der Waals surface area (Å²) in [4.78, 5) is 0. The predicted molar refractivity (Wildman–Crippen MR) is 47.5 cm³/mol. The second-order valence-corrected chi connectivity index (χ2v) is 2.83. The zero-order valence-electron chi connectivity index (χ0n) is 7.77. The Labute approximate surface area is 77.3 Å². The second kappa shape index (κ2) is 4.00. The molecule has 0 aliphatic carbocycles. The summed E-state index contributed by atoms with van der Waals surface area (Å²) in [6.45, 7) is 3.79. The lowest BCUT2D eigenvalue weighted by molar-refractivity contribution is 0.0607. The molecule has 0 amide bonds. The van der Waals surface area contributed by atoms with Crippen LogP contribution in [-0.2, 0) is 4.65 Å². The van der Waals surface area contributed by atoms with Gasteiger partial charge >= 0.3 is 7.32 Å². The van der Waals surface area contributed by atoms with Gasteiger partial charge < -0.3 is 14.7 Å². The van der Waals surface area contributed by atoms with E-state index in [4.69, 9.17) is 14.7 Å². The van der Waals surface area contributed by atoms with Gasteiger partial charge in [-0.1, -0.05) is 13.8 Å². The van der Waals surface area contributed by atoms with Crippen LogP contribution in [0.5, 0.6) is 0 Å². The van der Waals surface area contributed by atoms with Crippen LogP contribution in [0.1, 0.15) is 26.7 Å².